The number of hydrogen-bond donors (Lipinski definition) is 2. The standard InChI is InChI=1S/C20H19NO2/c22-20(23)19(13-15-6-2-1-3-7-15)21-14-16-10-11-17-8-4-5-9-18(17)12-16/h1-12,19,21H,13-14H2,(H,22,23). The van der Waals surface area contributed by atoms with Crippen LogP contribution in [0.4, 0.5) is 0 Å². The molecule has 0 heterocycles. The molecule has 3 nitrogen and oxygen atoms in total. The molecule has 116 valence electrons. The Labute approximate surface area is 135 Å². The molecule has 3 rings (SSSR count). The molecular formula is C20H19NO2. The molecule has 23 heavy (non-hydrogen) atoms. The zero-order chi connectivity index (χ0) is 16.1. The highest BCUT2D eigenvalue weighted by atomic mass is 16.4. The van der Waals surface area contributed by atoms with E-state index in [1.807, 2.05) is 48.5 Å². The maximum absolute atomic E-state index is 11.5. The third-order valence-corrected chi connectivity index (χ3v) is 3.95. The first-order valence-corrected chi connectivity index (χ1v) is 7.70. The molecule has 0 radical (unpaired) electrons. The van der Waals surface area contributed by atoms with E-state index < -0.39 is 12.0 Å². The summed E-state index contributed by atoms with van der Waals surface area (Å²) in [5.41, 5.74) is 2.11. The van der Waals surface area contributed by atoms with Crippen molar-refractivity contribution >= 4 is 16.7 Å². The molecule has 0 aliphatic heterocycles. The first-order chi connectivity index (χ1) is 11.2. The van der Waals surface area contributed by atoms with Crippen LogP contribution in [0, 0.1) is 0 Å². The molecule has 2 N–H and O–H groups in total. The van der Waals surface area contributed by atoms with E-state index in [1.54, 1.807) is 0 Å². The van der Waals surface area contributed by atoms with Crippen molar-refractivity contribution in [3.63, 3.8) is 0 Å². The van der Waals surface area contributed by atoms with Gasteiger partial charge in [0.15, 0.2) is 0 Å². The number of nitrogens with one attached hydrogen (secondary N) is 1. The van der Waals surface area contributed by atoms with Crippen LogP contribution in [0.25, 0.3) is 10.8 Å². The highest BCUT2D eigenvalue weighted by Gasteiger charge is 2.17. The Balaban J connectivity index is 1.69. The summed E-state index contributed by atoms with van der Waals surface area (Å²) < 4.78 is 0. The topological polar surface area (TPSA) is 49.3 Å². The predicted molar refractivity (Wildman–Crippen MR) is 92.4 cm³/mol. The lowest BCUT2D eigenvalue weighted by Crippen LogP contribution is -2.38. The van der Waals surface area contributed by atoms with Crippen molar-refractivity contribution in [2.75, 3.05) is 0 Å². The Morgan fingerprint density at radius 2 is 1.57 bits per heavy atom. The van der Waals surface area contributed by atoms with Gasteiger partial charge in [-0.1, -0.05) is 66.7 Å². The van der Waals surface area contributed by atoms with Crippen LogP contribution >= 0.6 is 0 Å². The van der Waals surface area contributed by atoms with Crippen LogP contribution in [-0.2, 0) is 17.8 Å². The van der Waals surface area contributed by atoms with E-state index in [0.717, 1.165) is 11.1 Å². The first-order valence-electron chi connectivity index (χ1n) is 7.70. The van der Waals surface area contributed by atoms with E-state index in [4.69, 9.17) is 0 Å². The molecule has 0 saturated heterocycles. The maximum Gasteiger partial charge on any atom is 0.321 e. The van der Waals surface area contributed by atoms with Crippen molar-refractivity contribution in [1.29, 1.82) is 0 Å². The number of carboxylic acid groups (broad SMARTS) is 1. The fourth-order valence-electron chi connectivity index (χ4n) is 2.69. The van der Waals surface area contributed by atoms with Crippen molar-refractivity contribution in [2.24, 2.45) is 0 Å². The lowest BCUT2D eigenvalue weighted by atomic mass is 10.0. The van der Waals surface area contributed by atoms with Crippen molar-refractivity contribution in [3.05, 3.63) is 83.9 Å². The first kappa shape index (κ1) is 15.3. The van der Waals surface area contributed by atoms with Crippen molar-refractivity contribution in [2.45, 2.75) is 19.0 Å². The summed E-state index contributed by atoms with van der Waals surface area (Å²) in [6.45, 7) is 0.536. The number of aliphatic carboxylic acids is 1. The molecule has 3 heteroatoms. The third kappa shape index (κ3) is 3.96. The normalized spacial score (nSPS) is 12.2. The summed E-state index contributed by atoms with van der Waals surface area (Å²) in [6.07, 6.45) is 0.476. The van der Waals surface area contributed by atoms with Crippen molar-refractivity contribution in [1.82, 2.24) is 5.32 Å². The molecule has 0 aromatic heterocycles. The van der Waals surface area contributed by atoms with Gasteiger partial charge >= 0.3 is 5.97 Å². The second-order valence-corrected chi connectivity index (χ2v) is 5.64. The fraction of sp³-hybridized carbons (Fsp3) is 0.150. The minimum atomic E-state index is -0.824. The Morgan fingerprint density at radius 1 is 0.870 bits per heavy atom. The van der Waals surface area contributed by atoms with Crippen LogP contribution in [0.15, 0.2) is 72.8 Å². The average Bonchev–Trinajstić information content (AvgIpc) is 2.59. The van der Waals surface area contributed by atoms with E-state index in [0.29, 0.717) is 13.0 Å². The van der Waals surface area contributed by atoms with Crippen LogP contribution in [0.3, 0.4) is 0 Å². The molecule has 0 amide bonds. The van der Waals surface area contributed by atoms with Crippen molar-refractivity contribution in [3.8, 4) is 0 Å². The average molecular weight is 305 g/mol. The summed E-state index contributed by atoms with van der Waals surface area (Å²) in [5, 5.41) is 14.9. The van der Waals surface area contributed by atoms with Gasteiger partial charge in [-0.05, 0) is 34.4 Å². The predicted octanol–water partition coefficient (Wildman–Crippen LogP) is 3.63. The highest BCUT2D eigenvalue weighted by Crippen LogP contribution is 2.15. The van der Waals surface area contributed by atoms with Crippen LogP contribution in [0.2, 0.25) is 0 Å². The van der Waals surface area contributed by atoms with Gasteiger partial charge in [0.05, 0.1) is 0 Å². The maximum atomic E-state index is 11.5. The van der Waals surface area contributed by atoms with Gasteiger partial charge in [-0.3, -0.25) is 4.79 Å². The summed E-state index contributed by atoms with van der Waals surface area (Å²) >= 11 is 0. The van der Waals surface area contributed by atoms with Crippen LogP contribution < -0.4 is 5.32 Å². The molecule has 0 fully saturated rings. The molecule has 1 atom stereocenters. The lowest BCUT2D eigenvalue weighted by Gasteiger charge is -2.15. The molecule has 1 unspecified atom stereocenters. The summed E-state index contributed by atoms with van der Waals surface area (Å²) in [4.78, 5) is 11.5. The minimum Gasteiger partial charge on any atom is -0.480 e. The largest absolute Gasteiger partial charge is 0.480 e. The second-order valence-electron chi connectivity index (χ2n) is 5.64. The molecule has 0 saturated carbocycles. The van der Waals surface area contributed by atoms with Gasteiger partial charge in [-0.25, -0.2) is 0 Å². The molecule has 0 aliphatic carbocycles. The summed E-state index contributed by atoms with van der Waals surface area (Å²) in [5.74, 6) is -0.824. The Kier molecular flexibility index (Phi) is 4.69. The third-order valence-electron chi connectivity index (χ3n) is 3.95. The number of rotatable bonds is 6. The van der Waals surface area contributed by atoms with Crippen LogP contribution in [0.1, 0.15) is 11.1 Å². The summed E-state index contributed by atoms with van der Waals surface area (Å²) in [6, 6.07) is 23.5. The van der Waals surface area contributed by atoms with E-state index in [2.05, 4.69) is 29.6 Å². The van der Waals surface area contributed by atoms with Crippen LogP contribution in [-0.4, -0.2) is 17.1 Å². The van der Waals surface area contributed by atoms with E-state index in [9.17, 15) is 9.90 Å². The van der Waals surface area contributed by atoms with E-state index in [-0.39, 0.29) is 0 Å². The van der Waals surface area contributed by atoms with Crippen LogP contribution in [0.5, 0.6) is 0 Å². The van der Waals surface area contributed by atoms with E-state index >= 15 is 0 Å². The van der Waals surface area contributed by atoms with Gasteiger partial charge in [0.1, 0.15) is 6.04 Å². The lowest BCUT2D eigenvalue weighted by molar-refractivity contribution is -0.139. The van der Waals surface area contributed by atoms with Gasteiger partial charge in [-0.2, -0.15) is 0 Å². The minimum absolute atomic E-state index is 0.476. The van der Waals surface area contributed by atoms with Gasteiger partial charge in [0.2, 0.25) is 0 Å². The number of carbonyl (C=O) groups is 1. The summed E-state index contributed by atoms with van der Waals surface area (Å²) in [7, 11) is 0. The SMILES string of the molecule is O=C(O)C(Cc1ccccc1)NCc1ccc2ccccc2c1. The highest BCUT2D eigenvalue weighted by molar-refractivity contribution is 5.83. The van der Waals surface area contributed by atoms with Crippen molar-refractivity contribution < 1.29 is 9.90 Å². The quantitative estimate of drug-likeness (QED) is 0.731. The smallest absolute Gasteiger partial charge is 0.321 e. The molecular weight excluding hydrogens is 286 g/mol. The number of fused-ring (bicyclic) bond motifs is 1. The number of benzene rings is 3. The van der Waals surface area contributed by atoms with Gasteiger partial charge < -0.3 is 10.4 Å². The van der Waals surface area contributed by atoms with Gasteiger partial charge in [-0.15, -0.1) is 0 Å². The molecule has 0 bridgehead atoms. The second kappa shape index (κ2) is 7.07. The Hall–Kier alpha value is -2.65. The number of carboxylic acids is 1. The Bertz CT molecular complexity index is 799. The fourth-order valence-corrected chi connectivity index (χ4v) is 2.69. The zero-order valence-corrected chi connectivity index (χ0v) is 12.8. The molecule has 3 aromatic rings. The number of hydrogen-bond acceptors (Lipinski definition) is 2. The zero-order valence-electron chi connectivity index (χ0n) is 12.8. The van der Waals surface area contributed by atoms with Gasteiger partial charge in [0.25, 0.3) is 0 Å². The molecule has 3 aromatic carbocycles. The Morgan fingerprint density at radius 3 is 2.30 bits per heavy atom. The van der Waals surface area contributed by atoms with E-state index in [1.165, 1.54) is 10.8 Å². The monoisotopic (exact) mass is 305 g/mol. The molecule has 0 spiro atoms. The van der Waals surface area contributed by atoms with Gasteiger partial charge in [0, 0.05) is 6.54 Å². The molecule has 0 aliphatic rings.